The lowest BCUT2D eigenvalue weighted by Gasteiger charge is -2.22. The maximum Gasteiger partial charge on any atom is 0.261 e. The summed E-state index contributed by atoms with van der Waals surface area (Å²) in [6.45, 7) is 10.5. The van der Waals surface area contributed by atoms with Crippen molar-refractivity contribution in [2.75, 3.05) is 0 Å². The van der Waals surface area contributed by atoms with Gasteiger partial charge in [0.1, 0.15) is 5.75 Å². The van der Waals surface area contributed by atoms with Crippen LogP contribution < -0.4 is 10.1 Å². The lowest BCUT2D eigenvalue weighted by atomic mass is 9.87. The molecule has 0 saturated heterocycles. The van der Waals surface area contributed by atoms with Crippen molar-refractivity contribution in [3.63, 3.8) is 0 Å². The summed E-state index contributed by atoms with van der Waals surface area (Å²) < 4.78 is 5.92. The van der Waals surface area contributed by atoms with Gasteiger partial charge in [-0.25, -0.2) is 0 Å². The Hall–Kier alpha value is -2.29. The van der Waals surface area contributed by atoms with Gasteiger partial charge in [-0.05, 0) is 42.0 Å². The number of amides is 1. The summed E-state index contributed by atoms with van der Waals surface area (Å²) in [4.78, 5) is 12.6. The van der Waals surface area contributed by atoms with E-state index in [1.165, 1.54) is 5.56 Å². The number of carbonyl (C=O) groups excluding carboxylic acids is 1. The quantitative estimate of drug-likeness (QED) is 0.802. The molecule has 0 bridgehead atoms. The van der Waals surface area contributed by atoms with Gasteiger partial charge in [0.25, 0.3) is 5.91 Å². The van der Waals surface area contributed by atoms with Crippen LogP contribution in [0.2, 0.25) is 0 Å². The number of hydrogen-bond acceptors (Lipinski definition) is 2. The Bertz CT molecular complexity index is 671. The van der Waals surface area contributed by atoms with Crippen molar-refractivity contribution < 1.29 is 9.53 Å². The number of benzene rings is 2. The third-order valence-corrected chi connectivity index (χ3v) is 4.32. The van der Waals surface area contributed by atoms with Crippen molar-refractivity contribution in [3.8, 4) is 5.75 Å². The van der Waals surface area contributed by atoms with E-state index in [1.807, 2.05) is 56.3 Å². The average molecular weight is 339 g/mol. The van der Waals surface area contributed by atoms with Gasteiger partial charge < -0.3 is 10.1 Å². The molecule has 2 rings (SSSR count). The van der Waals surface area contributed by atoms with Gasteiger partial charge in [0.15, 0.2) is 6.10 Å². The van der Waals surface area contributed by atoms with Gasteiger partial charge in [-0.1, -0.05) is 70.2 Å². The Morgan fingerprint density at radius 2 is 1.64 bits per heavy atom. The normalized spacial score (nSPS) is 13.8. The van der Waals surface area contributed by atoms with Crippen LogP contribution in [0.15, 0.2) is 54.6 Å². The molecule has 0 fully saturated rings. The smallest absolute Gasteiger partial charge is 0.261 e. The number of nitrogens with one attached hydrogen (secondary N) is 1. The highest BCUT2D eigenvalue weighted by molar-refractivity contribution is 5.81. The number of ether oxygens (including phenoxy) is 1. The monoisotopic (exact) mass is 339 g/mol. The maximum absolute atomic E-state index is 12.6. The lowest BCUT2D eigenvalue weighted by Crippen LogP contribution is -2.39. The molecule has 0 aliphatic heterocycles. The molecular formula is C22H29NO2. The highest BCUT2D eigenvalue weighted by Crippen LogP contribution is 2.25. The molecule has 0 heterocycles. The standard InChI is InChI=1S/C22H29NO2/c1-6-20(21(24)23-16(2)17-10-8-7-9-11-17)25-19-14-12-18(13-15-19)22(3,4)5/h7-16,20H,6H2,1-5H3,(H,23,24)/t16-,20-/m0/s1. The van der Waals surface area contributed by atoms with E-state index in [-0.39, 0.29) is 17.4 Å². The van der Waals surface area contributed by atoms with E-state index in [4.69, 9.17) is 4.74 Å². The summed E-state index contributed by atoms with van der Waals surface area (Å²) in [6, 6.07) is 17.9. The second-order valence-electron chi connectivity index (χ2n) is 7.43. The fourth-order valence-corrected chi connectivity index (χ4v) is 2.65. The molecule has 0 aliphatic carbocycles. The van der Waals surface area contributed by atoms with Crippen molar-refractivity contribution in [2.45, 2.75) is 58.6 Å². The van der Waals surface area contributed by atoms with E-state index in [1.54, 1.807) is 0 Å². The maximum atomic E-state index is 12.6. The van der Waals surface area contributed by atoms with Crippen LogP contribution in [0.3, 0.4) is 0 Å². The predicted octanol–water partition coefficient (Wildman–Crippen LogP) is 5.02. The highest BCUT2D eigenvalue weighted by atomic mass is 16.5. The molecule has 0 radical (unpaired) electrons. The average Bonchev–Trinajstić information content (AvgIpc) is 2.60. The van der Waals surface area contributed by atoms with Gasteiger partial charge in [0.2, 0.25) is 0 Å². The topological polar surface area (TPSA) is 38.3 Å². The molecule has 3 nitrogen and oxygen atoms in total. The third kappa shape index (κ3) is 5.35. The van der Waals surface area contributed by atoms with Crippen LogP contribution >= 0.6 is 0 Å². The van der Waals surface area contributed by atoms with E-state index < -0.39 is 6.10 Å². The van der Waals surface area contributed by atoms with Crippen molar-refractivity contribution >= 4 is 5.91 Å². The van der Waals surface area contributed by atoms with E-state index in [2.05, 4.69) is 38.2 Å². The van der Waals surface area contributed by atoms with Crippen molar-refractivity contribution in [1.29, 1.82) is 0 Å². The zero-order chi connectivity index (χ0) is 18.4. The summed E-state index contributed by atoms with van der Waals surface area (Å²) in [6.07, 6.45) is 0.126. The largest absolute Gasteiger partial charge is 0.481 e. The van der Waals surface area contributed by atoms with Gasteiger partial charge in [0.05, 0.1) is 6.04 Å². The van der Waals surface area contributed by atoms with E-state index >= 15 is 0 Å². The van der Waals surface area contributed by atoms with Crippen LogP contribution in [0.25, 0.3) is 0 Å². The van der Waals surface area contributed by atoms with Crippen molar-refractivity contribution in [3.05, 3.63) is 65.7 Å². The van der Waals surface area contributed by atoms with Gasteiger partial charge in [-0.15, -0.1) is 0 Å². The molecule has 1 amide bonds. The molecule has 2 atom stereocenters. The molecule has 0 spiro atoms. The van der Waals surface area contributed by atoms with E-state index in [0.29, 0.717) is 6.42 Å². The molecule has 2 aromatic carbocycles. The zero-order valence-corrected chi connectivity index (χ0v) is 15.9. The SMILES string of the molecule is CC[C@H](Oc1ccc(C(C)(C)C)cc1)C(=O)N[C@@H](C)c1ccccc1. The molecule has 0 saturated carbocycles. The molecule has 1 N–H and O–H groups in total. The van der Waals surface area contributed by atoms with Crippen molar-refractivity contribution in [1.82, 2.24) is 5.32 Å². The molecule has 2 aromatic rings. The third-order valence-electron chi connectivity index (χ3n) is 4.32. The van der Waals surface area contributed by atoms with Crippen LogP contribution in [0, 0.1) is 0 Å². The van der Waals surface area contributed by atoms with Crippen LogP contribution in [-0.2, 0) is 10.2 Å². The zero-order valence-electron chi connectivity index (χ0n) is 15.9. The van der Waals surface area contributed by atoms with E-state index in [9.17, 15) is 4.79 Å². The molecule has 134 valence electrons. The number of hydrogen-bond donors (Lipinski definition) is 1. The van der Waals surface area contributed by atoms with Crippen LogP contribution in [0.5, 0.6) is 5.75 Å². The summed E-state index contributed by atoms with van der Waals surface area (Å²) in [5.74, 6) is 0.640. The first kappa shape index (κ1) is 19.0. The fourth-order valence-electron chi connectivity index (χ4n) is 2.65. The van der Waals surface area contributed by atoms with Gasteiger partial charge >= 0.3 is 0 Å². The highest BCUT2D eigenvalue weighted by Gasteiger charge is 2.21. The Balaban J connectivity index is 2.00. The van der Waals surface area contributed by atoms with Crippen LogP contribution in [0.4, 0.5) is 0 Å². The fraction of sp³-hybridized carbons (Fsp3) is 0.409. The Kier molecular flexibility index (Phi) is 6.24. The number of rotatable bonds is 6. The Labute approximate surface area is 151 Å². The first-order valence-electron chi connectivity index (χ1n) is 8.93. The minimum absolute atomic E-state index is 0.0467. The Morgan fingerprint density at radius 3 is 2.16 bits per heavy atom. The number of carbonyl (C=O) groups is 1. The van der Waals surface area contributed by atoms with E-state index in [0.717, 1.165) is 11.3 Å². The van der Waals surface area contributed by atoms with Crippen LogP contribution in [-0.4, -0.2) is 12.0 Å². The second-order valence-corrected chi connectivity index (χ2v) is 7.43. The van der Waals surface area contributed by atoms with Gasteiger partial charge in [-0.2, -0.15) is 0 Å². The minimum atomic E-state index is -0.494. The second kappa shape index (κ2) is 8.19. The summed E-state index contributed by atoms with van der Waals surface area (Å²) in [5, 5.41) is 3.04. The molecule has 0 unspecified atom stereocenters. The molecular weight excluding hydrogens is 310 g/mol. The predicted molar refractivity (Wildman–Crippen MR) is 103 cm³/mol. The molecule has 0 aliphatic rings. The lowest BCUT2D eigenvalue weighted by molar-refractivity contribution is -0.128. The molecule has 3 heteroatoms. The molecule has 25 heavy (non-hydrogen) atoms. The summed E-state index contributed by atoms with van der Waals surface area (Å²) >= 11 is 0. The van der Waals surface area contributed by atoms with Gasteiger partial charge in [0, 0.05) is 0 Å². The summed E-state index contributed by atoms with van der Waals surface area (Å²) in [7, 11) is 0. The van der Waals surface area contributed by atoms with Crippen LogP contribution in [0.1, 0.15) is 58.2 Å². The van der Waals surface area contributed by atoms with Crippen molar-refractivity contribution in [2.24, 2.45) is 0 Å². The minimum Gasteiger partial charge on any atom is -0.481 e. The Morgan fingerprint density at radius 1 is 1.04 bits per heavy atom. The first-order chi connectivity index (χ1) is 11.8. The van der Waals surface area contributed by atoms with Gasteiger partial charge in [-0.3, -0.25) is 4.79 Å². The molecule has 0 aromatic heterocycles. The first-order valence-corrected chi connectivity index (χ1v) is 8.93. The summed E-state index contributed by atoms with van der Waals surface area (Å²) in [5.41, 5.74) is 2.43.